The number of benzene rings is 1. The van der Waals surface area contributed by atoms with E-state index >= 15 is 0 Å². The molecule has 4 nitrogen and oxygen atoms in total. The van der Waals surface area contributed by atoms with Crippen molar-refractivity contribution in [2.45, 2.75) is 53.0 Å². The maximum atomic E-state index is 12.9. The summed E-state index contributed by atoms with van der Waals surface area (Å²) >= 11 is 1.22. The van der Waals surface area contributed by atoms with Gasteiger partial charge in [0, 0.05) is 17.3 Å². The fourth-order valence-electron chi connectivity index (χ4n) is 2.85. The molecule has 0 bridgehead atoms. The highest BCUT2D eigenvalue weighted by Crippen LogP contribution is 2.38. The molecule has 1 amide bonds. The first-order valence-electron chi connectivity index (χ1n) is 9.09. The predicted octanol–water partition coefficient (Wildman–Crippen LogP) is 5.68. The summed E-state index contributed by atoms with van der Waals surface area (Å²) in [6, 6.07) is 11.4. The molecule has 0 spiro atoms. The van der Waals surface area contributed by atoms with Crippen LogP contribution in [-0.2, 0) is 4.79 Å². The first-order valence-corrected chi connectivity index (χ1v) is 9.91. The van der Waals surface area contributed by atoms with E-state index < -0.39 is 5.97 Å². The minimum Gasteiger partial charge on any atom is -0.477 e. The van der Waals surface area contributed by atoms with Crippen molar-refractivity contribution in [1.29, 1.82) is 0 Å². The number of hydrogen-bond donors (Lipinski definition) is 1. The van der Waals surface area contributed by atoms with Crippen molar-refractivity contribution >= 4 is 28.9 Å². The Kier molecular flexibility index (Phi) is 6.98. The van der Waals surface area contributed by atoms with Crippen molar-refractivity contribution < 1.29 is 14.7 Å². The summed E-state index contributed by atoms with van der Waals surface area (Å²) in [5.41, 5.74) is 1.47. The molecule has 0 aliphatic carbocycles. The van der Waals surface area contributed by atoms with Crippen LogP contribution in [0.4, 0.5) is 5.69 Å². The molecule has 1 aromatic carbocycles. The third-order valence-electron chi connectivity index (χ3n) is 4.56. The van der Waals surface area contributed by atoms with Gasteiger partial charge in [-0.15, -0.1) is 11.3 Å². The van der Waals surface area contributed by atoms with E-state index in [0.717, 1.165) is 23.3 Å². The van der Waals surface area contributed by atoms with Crippen LogP contribution >= 0.6 is 11.3 Å². The van der Waals surface area contributed by atoms with E-state index in [1.54, 1.807) is 4.90 Å². The molecule has 1 aromatic heterocycles. The number of anilines is 1. The summed E-state index contributed by atoms with van der Waals surface area (Å²) in [5, 5.41) is 9.67. The van der Waals surface area contributed by atoms with Gasteiger partial charge in [0.25, 0.3) is 0 Å². The van der Waals surface area contributed by atoms with Crippen LogP contribution in [0.1, 0.15) is 56.6 Å². The monoisotopic (exact) mass is 373 g/mol. The average molecular weight is 374 g/mol. The number of aromatic carboxylic acids is 1. The first-order chi connectivity index (χ1) is 12.3. The summed E-state index contributed by atoms with van der Waals surface area (Å²) in [6.07, 6.45) is 2.28. The predicted molar refractivity (Wildman–Crippen MR) is 108 cm³/mol. The van der Waals surface area contributed by atoms with Gasteiger partial charge in [0.15, 0.2) is 0 Å². The highest BCUT2D eigenvalue weighted by atomic mass is 32.1. The van der Waals surface area contributed by atoms with E-state index in [-0.39, 0.29) is 16.8 Å². The number of carbonyl (C=O) groups excluding carboxylic acids is 1. The smallest absolute Gasteiger partial charge is 0.348 e. The van der Waals surface area contributed by atoms with Crippen LogP contribution < -0.4 is 4.90 Å². The van der Waals surface area contributed by atoms with Gasteiger partial charge < -0.3 is 10.0 Å². The fourth-order valence-corrected chi connectivity index (χ4v) is 3.85. The largest absolute Gasteiger partial charge is 0.477 e. The van der Waals surface area contributed by atoms with E-state index in [1.807, 2.05) is 50.2 Å². The number of carboxylic acids is 1. The molecular weight excluding hydrogens is 346 g/mol. The molecule has 1 N–H and O–H groups in total. The number of thiophene rings is 1. The molecule has 0 aliphatic heterocycles. The van der Waals surface area contributed by atoms with Crippen LogP contribution in [0.3, 0.4) is 0 Å². The molecule has 0 saturated carbocycles. The van der Waals surface area contributed by atoms with E-state index in [2.05, 4.69) is 13.8 Å². The molecule has 2 aromatic rings. The van der Waals surface area contributed by atoms with Gasteiger partial charge in [-0.3, -0.25) is 4.79 Å². The summed E-state index contributed by atoms with van der Waals surface area (Å²) in [5.74, 6) is -0.526. The lowest BCUT2D eigenvalue weighted by molar-refractivity contribution is -0.119. The van der Waals surface area contributed by atoms with Gasteiger partial charge in [-0.1, -0.05) is 50.6 Å². The fraction of sp³-hybridized carbons (Fsp3) is 0.429. The molecule has 0 fully saturated rings. The van der Waals surface area contributed by atoms with Crippen LogP contribution in [0.15, 0.2) is 36.4 Å². The topological polar surface area (TPSA) is 57.6 Å². The van der Waals surface area contributed by atoms with E-state index in [0.29, 0.717) is 18.0 Å². The molecule has 2 rings (SSSR count). The van der Waals surface area contributed by atoms with Crippen molar-refractivity contribution in [2.75, 3.05) is 4.90 Å². The zero-order valence-electron chi connectivity index (χ0n) is 15.9. The van der Waals surface area contributed by atoms with Gasteiger partial charge in [-0.05, 0) is 37.8 Å². The van der Waals surface area contributed by atoms with E-state index in [4.69, 9.17) is 0 Å². The van der Waals surface area contributed by atoms with Gasteiger partial charge in [0.05, 0.1) is 5.69 Å². The highest BCUT2D eigenvalue weighted by molar-refractivity contribution is 7.18. The van der Waals surface area contributed by atoms with E-state index in [1.165, 1.54) is 11.3 Å². The zero-order valence-corrected chi connectivity index (χ0v) is 16.7. The van der Waals surface area contributed by atoms with Crippen LogP contribution in [0.25, 0.3) is 10.4 Å². The number of hydrogen-bond acceptors (Lipinski definition) is 3. The van der Waals surface area contributed by atoms with Crippen molar-refractivity contribution in [3.05, 3.63) is 41.3 Å². The Balaban J connectivity index is 2.39. The maximum absolute atomic E-state index is 12.9. The zero-order chi connectivity index (χ0) is 19.3. The molecule has 0 saturated heterocycles. The average Bonchev–Trinajstić information content (AvgIpc) is 3.05. The van der Waals surface area contributed by atoms with E-state index in [9.17, 15) is 14.7 Å². The Morgan fingerprint density at radius 3 is 2.35 bits per heavy atom. The second-order valence-electron chi connectivity index (χ2n) is 6.91. The lowest BCUT2D eigenvalue weighted by Crippen LogP contribution is -2.37. The number of carboxylic acid groups (broad SMARTS) is 1. The molecule has 5 heteroatoms. The second-order valence-corrected chi connectivity index (χ2v) is 7.96. The highest BCUT2D eigenvalue weighted by Gasteiger charge is 2.27. The molecule has 1 atom stereocenters. The lowest BCUT2D eigenvalue weighted by atomic mass is 10.0. The van der Waals surface area contributed by atoms with Crippen LogP contribution in [0, 0.1) is 5.92 Å². The number of rotatable bonds is 8. The van der Waals surface area contributed by atoms with Gasteiger partial charge in [-0.25, -0.2) is 4.79 Å². The van der Waals surface area contributed by atoms with Crippen LogP contribution in [0.2, 0.25) is 0 Å². The number of carbonyl (C=O) groups is 2. The van der Waals surface area contributed by atoms with Crippen LogP contribution in [0.5, 0.6) is 0 Å². The van der Waals surface area contributed by atoms with Gasteiger partial charge >= 0.3 is 5.97 Å². The Morgan fingerprint density at radius 2 is 1.81 bits per heavy atom. The Hall–Kier alpha value is -2.14. The second kappa shape index (κ2) is 8.99. The number of amides is 1. The summed E-state index contributed by atoms with van der Waals surface area (Å²) in [4.78, 5) is 27.4. The maximum Gasteiger partial charge on any atom is 0.348 e. The summed E-state index contributed by atoms with van der Waals surface area (Å²) in [6.45, 7) is 8.09. The van der Waals surface area contributed by atoms with Crippen molar-refractivity contribution in [3.63, 3.8) is 0 Å². The third kappa shape index (κ3) is 4.73. The number of nitrogens with zero attached hydrogens (tertiary/aromatic N) is 1. The van der Waals surface area contributed by atoms with Crippen molar-refractivity contribution in [2.24, 2.45) is 5.92 Å². The van der Waals surface area contributed by atoms with Gasteiger partial charge in [-0.2, -0.15) is 0 Å². The molecule has 1 unspecified atom stereocenters. The molecule has 0 radical (unpaired) electrons. The Morgan fingerprint density at radius 1 is 1.15 bits per heavy atom. The molecular formula is C21H27NO3S. The summed E-state index contributed by atoms with van der Waals surface area (Å²) in [7, 11) is 0. The minimum atomic E-state index is -0.993. The van der Waals surface area contributed by atoms with Crippen LogP contribution in [-0.4, -0.2) is 23.0 Å². The summed E-state index contributed by atoms with van der Waals surface area (Å²) < 4.78 is 0. The Bertz CT molecular complexity index is 752. The Labute approximate surface area is 159 Å². The molecule has 140 valence electrons. The van der Waals surface area contributed by atoms with Crippen molar-refractivity contribution in [1.82, 2.24) is 0 Å². The van der Waals surface area contributed by atoms with Gasteiger partial charge in [0.2, 0.25) is 5.91 Å². The molecule has 26 heavy (non-hydrogen) atoms. The van der Waals surface area contributed by atoms with Crippen molar-refractivity contribution in [3.8, 4) is 10.4 Å². The third-order valence-corrected chi connectivity index (χ3v) is 5.72. The molecule has 0 aliphatic rings. The first kappa shape index (κ1) is 20.2. The standard InChI is InChI=1S/C21H27NO3S/c1-5-15(4)11-12-19(23)22(14(2)3)17-13-18(26-20(17)21(24)25)16-9-7-6-8-10-16/h6-10,13-15H,5,11-12H2,1-4H3,(H,24,25). The van der Waals surface area contributed by atoms with Gasteiger partial charge in [0.1, 0.15) is 4.88 Å². The quantitative estimate of drug-likeness (QED) is 0.647. The SMILES string of the molecule is CCC(C)CCC(=O)N(c1cc(-c2ccccc2)sc1C(=O)O)C(C)C. The lowest BCUT2D eigenvalue weighted by Gasteiger charge is -2.27. The normalized spacial score (nSPS) is 12.2. The minimum absolute atomic E-state index is 0.0137. The molecule has 1 heterocycles.